The maximum Gasteiger partial charge on any atom is 0.302 e. The highest BCUT2D eigenvalue weighted by Gasteiger charge is 2.74. The molecule has 1 aromatic carbocycles. The number of ether oxygens (including phenoxy) is 1. The first-order chi connectivity index (χ1) is 16.7. The Kier molecular flexibility index (Phi) is 5.11. The van der Waals surface area contributed by atoms with E-state index in [0.29, 0.717) is 17.8 Å². The van der Waals surface area contributed by atoms with E-state index in [9.17, 15) is 9.59 Å². The predicted octanol–water partition coefficient (Wildman–Crippen LogP) is 5.87. The lowest BCUT2D eigenvalue weighted by Crippen LogP contribution is -2.58. The number of rotatable bonds is 3. The van der Waals surface area contributed by atoms with E-state index in [1.165, 1.54) is 12.5 Å². The van der Waals surface area contributed by atoms with Gasteiger partial charge in [-0.25, -0.2) is 0 Å². The molecule has 35 heavy (non-hydrogen) atoms. The van der Waals surface area contributed by atoms with Gasteiger partial charge in [-0.15, -0.1) is 0 Å². The number of esters is 1. The first kappa shape index (κ1) is 23.0. The lowest BCUT2D eigenvalue weighted by molar-refractivity contribution is -0.174. The quantitative estimate of drug-likeness (QED) is 0.405. The van der Waals surface area contributed by atoms with Crippen molar-refractivity contribution in [2.45, 2.75) is 84.3 Å². The maximum atomic E-state index is 13.4. The standard InChI is InChI=1S/C30H37NO4/c1-18(32)30-26(27(31-35-30)20-8-6-5-7-9-20)17-25-23-11-10-21-16-22(34-19(2)33)12-14-28(21,3)24(23)13-15-29(25,30)4/h5-10,22-26H,11-17H2,1-4H3/t22-,23-,24+,25+,26-,28-,29+,30-/m0/s1. The molecule has 0 N–H and O–H groups in total. The highest BCUT2D eigenvalue weighted by molar-refractivity contribution is 6.08. The number of hydrogen-bond acceptors (Lipinski definition) is 5. The largest absolute Gasteiger partial charge is 0.462 e. The summed E-state index contributed by atoms with van der Waals surface area (Å²) in [5.41, 5.74) is 2.59. The Bertz CT molecular complexity index is 1120. The second kappa shape index (κ2) is 7.78. The minimum atomic E-state index is -0.855. The number of Topliss-reactive ketones (excluding diaryl/α,β-unsaturated/α-hetero) is 1. The third-order valence-corrected chi connectivity index (χ3v) is 10.8. The minimum Gasteiger partial charge on any atom is -0.462 e. The predicted molar refractivity (Wildman–Crippen MR) is 134 cm³/mol. The van der Waals surface area contributed by atoms with Crippen LogP contribution in [0.1, 0.15) is 78.2 Å². The van der Waals surface area contributed by atoms with Gasteiger partial charge in [0.15, 0.2) is 5.78 Å². The number of ketones is 1. The van der Waals surface area contributed by atoms with Crippen LogP contribution < -0.4 is 0 Å². The van der Waals surface area contributed by atoms with E-state index in [4.69, 9.17) is 9.57 Å². The number of allylic oxidation sites excluding steroid dienone is 1. The van der Waals surface area contributed by atoms with Crippen LogP contribution in [0, 0.1) is 34.5 Å². The molecule has 6 rings (SSSR count). The smallest absolute Gasteiger partial charge is 0.302 e. The molecular weight excluding hydrogens is 438 g/mol. The van der Waals surface area contributed by atoms with Gasteiger partial charge in [-0.3, -0.25) is 9.59 Å². The van der Waals surface area contributed by atoms with Gasteiger partial charge in [0.2, 0.25) is 5.60 Å². The first-order valence-electron chi connectivity index (χ1n) is 13.4. The average molecular weight is 476 g/mol. The Morgan fingerprint density at radius 2 is 1.83 bits per heavy atom. The molecule has 4 aliphatic carbocycles. The molecule has 1 aromatic rings. The van der Waals surface area contributed by atoms with Crippen molar-refractivity contribution in [2.24, 2.45) is 39.7 Å². The number of hydrogen-bond donors (Lipinski definition) is 0. The molecule has 1 aliphatic heterocycles. The molecule has 5 nitrogen and oxygen atoms in total. The van der Waals surface area contributed by atoms with Gasteiger partial charge in [0, 0.05) is 18.8 Å². The van der Waals surface area contributed by atoms with Crippen LogP contribution in [0.4, 0.5) is 0 Å². The van der Waals surface area contributed by atoms with Gasteiger partial charge in [0.25, 0.3) is 0 Å². The Balaban J connectivity index is 1.35. The molecule has 0 unspecified atom stereocenters. The van der Waals surface area contributed by atoms with Gasteiger partial charge >= 0.3 is 5.97 Å². The Morgan fingerprint density at radius 1 is 1.06 bits per heavy atom. The summed E-state index contributed by atoms with van der Waals surface area (Å²) in [6, 6.07) is 10.3. The van der Waals surface area contributed by atoms with Gasteiger partial charge in [-0.05, 0) is 74.2 Å². The van der Waals surface area contributed by atoms with Crippen molar-refractivity contribution in [3.8, 4) is 0 Å². The fraction of sp³-hybridized carbons (Fsp3) is 0.633. The molecule has 5 aliphatic rings. The van der Waals surface area contributed by atoms with Crippen LogP contribution in [0.25, 0.3) is 0 Å². The van der Waals surface area contributed by atoms with Gasteiger partial charge < -0.3 is 9.57 Å². The molecule has 0 bridgehead atoms. The normalized spacial score (nSPS) is 43.5. The summed E-state index contributed by atoms with van der Waals surface area (Å²) in [7, 11) is 0. The van der Waals surface area contributed by atoms with E-state index in [2.05, 4.69) is 37.2 Å². The fourth-order valence-corrected chi connectivity index (χ4v) is 9.23. The first-order valence-corrected chi connectivity index (χ1v) is 13.4. The van der Waals surface area contributed by atoms with Crippen molar-refractivity contribution < 1.29 is 19.2 Å². The molecule has 3 fully saturated rings. The summed E-state index contributed by atoms with van der Waals surface area (Å²) in [6.45, 7) is 7.99. The average Bonchev–Trinajstić information content (AvgIpc) is 3.34. The van der Waals surface area contributed by atoms with Crippen LogP contribution in [0.15, 0.2) is 47.1 Å². The summed E-state index contributed by atoms with van der Waals surface area (Å²) in [5, 5.41) is 4.58. The van der Waals surface area contributed by atoms with E-state index < -0.39 is 5.60 Å². The van der Waals surface area contributed by atoms with Crippen LogP contribution >= 0.6 is 0 Å². The molecule has 186 valence electrons. The molecule has 0 amide bonds. The van der Waals surface area contributed by atoms with E-state index >= 15 is 0 Å². The van der Waals surface area contributed by atoms with Crippen LogP contribution in [0.3, 0.4) is 0 Å². The SMILES string of the molecule is CC(=O)O[C@H]1CC[C@@]2(C)C(=CC[C@H]3[C@H]2CC[C@]2(C)[C@@H]3C[C@H]3C(c4ccccc4)=NO[C@@]32C(C)=O)C1. The van der Waals surface area contributed by atoms with Gasteiger partial charge in [0.05, 0.1) is 11.6 Å². The summed E-state index contributed by atoms with van der Waals surface area (Å²) < 4.78 is 5.60. The van der Waals surface area contributed by atoms with E-state index in [-0.39, 0.29) is 34.6 Å². The van der Waals surface area contributed by atoms with Crippen molar-refractivity contribution in [2.75, 3.05) is 0 Å². The Hall–Kier alpha value is -2.43. The number of nitrogens with zero attached hydrogens (tertiary/aromatic N) is 1. The van der Waals surface area contributed by atoms with E-state index in [1.54, 1.807) is 6.92 Å². The van der Waals surface area contributed by atoms with Gasteiger partial charge in [-0.2, -0.15) is 0 Å². The third-order valence-electron chi connectivity index (χ3n) is 10.8. The maximum absolute atomic E-state index is 13.4. The molecule has 3 saturated carbocycles. The minimum absolute atomic E-state index is 0.00837. The third kappa shape index (κ3) is 3.02. The zero-order valence-corrected chi connectivity index (χ0v) is 21.4. The summed E-state index contributed by atoms with van der Waals surface area (Å²) >= 11 is 0. The van der Waals surface area contributed by atoms with Crippen molar-refractivity contribution in [3.63, 3.8) is 0 Å². The van der Waals surface area contributed by atoms with Crippen LogP contribution in [0.5, 0.6) is 0 Å². The topological polar surface area (TPSA) is 65.0 Å². The molecule has 0 saturated heterocycles. The lowest BCUT2D eigenvalue weighted by Gasteiger charge is -2.58. The second-order valence-corrected chi connectivity index (χ2v) is 12.2. The molecule has 8 atom stereocenters. The van der Waals surface area contributed by atoms with Gasteiger partial charge in [0.1, 0.15) is 6.10 Å². The molecule has 0 aromatic heterocycles. The zero-order chi connectivity index (χ0) is 24.6. The van der Waals surface area contributed by atoms with Crippen molar-refractivity contribution >= 4 is 17.5 Å². The summed E-state index contributed by atoms with van der Waals surface area (Å²) in [6.07, 6.45) is 9.45. The highest BCUT2D eigenvalue weighted by atomic mass is 16.7. The molecule has 5 heteroatoms. The molecule has 0 radical (unpaired) electrons. The van der Waals surface area contributed by atoms with Gasteiger partial charge in [-0.1, -0.05) is 61.0 Å². The molecule has 1 heterocycles. The monoisotopic (exact) mass is 475 g/mol. The fourth-order valence-electron chi connectivity index (χ4n) is 9.23. The number of benzene rings is 1. The number of carbonyl (C=O) groups is 2. The summed E-state index contributed by atoms with van der Waals surface area (Å²) in [5.74, 6) is 1.51. The second-order valence-electron chi connectivity index (χ2n) is 12.2. The highest BCUT2D eigenvalue weighted by Crippen LogP contribution is 2.70. The molecular formula is C30H37NO4. The van der Waals surface area contributed by atoms with Crippen LogP contribution in [-0.4, -0.2) is 29.2 Å². The Labute approximate surface area is 208 Å². The van der Waals surface area contributed by atoms with E-state index in [0.717, 1.165) is 56.2 Å². The van der Waals surface area contributed by atoms with Crippen LogP contribution in [0.2, 0.25) is 0 Å². The van der Waals surface area contributed by atoms with Crippen molar-refractivity contribution in [3.05, 3.63) is 47.5 Å². The summed E-state index contributed by atoms with van der Waals surface area (Å²) in [4.78, 5) is 31.3. The number of oxime groups is 1. The van der Waals surface area contributed by atoms with Crippen molar-refractivity contribution in [1.82, 2.24) is 0 Å². The lowest BCUT2D eigenvalue weighted by atomic mass is 9.46. The number of fused-ring (bicyclic) bond motifs is 7. The zero-order valence-electron chi connectivity index (χ0n) is 21.4. The van der Waals surface area contributed by atoms with E-state index in [1.807, 2.05) is 18.2 Å². The number of carbonyl (C=O) groups excluding carboxylic acids is 2. The van der Waals surface area contributed by atoms with Crippen molar-refractivity contribution in [1.29, 1.82) is 0 Å². The van der Waals surface area contributed by atoms with Crippen LogP contribution in [-0.2, 0) is 19.2 Å². The molecule has 0 spiro atoms. The Morgan fingerprint density at radius 3 is 2.54 bits per heavy atom.